The molecule has 0 radical (unpaired) electrons. The minimum Gasteiger partial charge on any atom is -0.396 e. The van der Waals surface area contributed by atoms with Crippen molar-refractivity contribution in [2.75, 3.05) is 24.4 Å². The maximum atomic E-state index is 13.1. The average Bonchev–Trinajstić information content (AvgIpc) is 2.43. The molecule has 9 heteroatoms. The zero-order chi connectivity index (χ0) is 15.6. The van der Waals surface area contributed by atoms with Crippen LogP contribution in [-0.4, -0.2) is 37.5 Å². The molecule has 0 aromatic heterocycles. The molecule has 1 saturated heterocycles. The average molecular weight is 357 g/mol. The first kappa shape index (κ1) is 16.8. The van der Waals surface area contributed by atoms with Gasteiger partial charge in [-0.2, -0.15) is 12.7 Å². The van der Waals surface area contributed by atoms with Crippen LogP contribution in [-0.2, 0) is 10.2 Å². The van der Waals surface area contributed by atoms with Gasteiger partial charge < -0.3 is 5.11 Å². The third-order valence-electron chi connectivity index (χ3n) is 3.32. The standard InChI is InChI=1S/C12H15Cl2FN2O3S/c13-10-4-9(15)5-11(14)12(10)16-21(19,20)17-3-1-2-8(6-17)7-18/h4-5,8,16,18H,1-3,6-7H2. The van der Waals surface area contributed by atoms with Crippen LogP contribution in [0.5, 0.6) is 0 Å². The molecule has 1 aromatic carbocycles. The summed E-state index contributed by atoms with van der Waals surface area (Å²) in [7, 11) is -3.86. The zero-order valence-corrected chi connectivity index (χ0v) is 13.3. The molecule has 1 aliphatic heterocycles. The largest absolute Gasteiger partial charge is 0.396 e. The Labute approximate surface area is 132 Å². The third kappa shape index (κ3) is 3.98. The second-order valence-electron chi connectivity index (χ2n) is 4.90. The van der Waals surface area contributed by atoms with Gasteiger partial charge in [-0.05, 0) is 30.9 Å². The van der Waals surface area contributed by atoms with Crippen LogP contribution in [0.2, 0.25) is 10.0 Å². The summed E-state index contributed by atoms with van der Waals surface area (Å²) < 4.78 is 41.3. The summed E-state index contributed by atoms with van der Waals surface area (Å²) in [5, 5.41) is 8.93. The second-order valence-corrected chi connectivity index (χ2v) is 7.39. The molecule has 1 aliphatic rings. The minimum atomic E-state index is -3.86. The lowest BCUT2D eigenvalue weighted by molar-refractivity contribution is 0.166. The van der Waals surface area contributed by atoms with Crippen molar-refractivity contribution in [2.24, 2.45) is 5.92 Å². The van der Waals surface area contributed by atoms with E-state index in [2.05, 4.69) is 4.72 Å². The molecule has 2 N–H and O–H groups in total. The van der Waals surface area contributed by atoms with Gasteiger partial charge in [-0.1, -0.05) is 23.2 Å². The summed E-state index contributed by atoms with van der Waals surface area (Å²) in [5.41, 5.74) is -0.0501. The number of anilines is 1. The number of halogens is 3. The van der Waals surface area contributed by atoms with Crippen molar-refractivity contribution in [3.63, 3.8) is 0 Å². The van der Waals surface area contributed by atoms with E-state index in [1.54, 1.807) is 0 Å². The molecule has 1 fully saturated rings. The fraction of sp³-hybridized carbons (Fsp3) is 0.500. The summed E-state index contributed by atoms with van der Waals surface area (Å²) in [5.74, 6) is -0.735. The van der Waals surface area contributed by atoms with Gasteiger partial charge in [-0.3, -0.25) is 4.72 Å². The van der Waals surface area contributed by atoms with Crippen LogP contribution in [0, 0.1) is 11.7 Å². The number of aliphatic hydroxyl groups excluding tert-OH is 1. The maximum absolute atomic E-state index is 13.1. The van der Waals surface area contributed by atoms with E-state index in [0.717, 1.165) is 18.6 Å². The molecule has 0 aliphatic carbocycles. The zero-order valence-electron chi connectivity index (χ0n) is 11.0. The highest BCUT2D eigenvalue weighted by molar-refractivity contribution is 7.90. The van der Waals surface area contributed by atoms with Crippen LogP contribution in [0.25, 0.3) is 0 Å². The van der Waals surface area contributed by atoms with Gasteiger partial charge in [0.05, 0.1) is 15.7 Å². The highest BCUT2D eigenvalue weighted by Crippen LogP contribution is 2.33. The Hall–Kier alpha value is -0.600. The van der Waals surface area contributed by atoms with Crippen molar-refractivity contribution in [3.8, 4) is 0 Å². The van der Waals surface area contributed by atoms with Gasteiger partial charge in [0.2, 0.25) is 0 Å². The quantitative estimate of drug-likeness (QED) is 0.870. The van der Waals surface area contributed by atoms with Crippen molar-refractivity contribution in [1.82, 2.24) is 4.31 Å². The molecule has 0 bridgehead atoms. The Morgan fingerprint density at radius 1 is 1.38 bits per heavy atom. The fourth-order valence-corrected chi connectivity index (χ4v) is 4.28. The monoisotopic (exact) mass is 356 g/mol. The Balaban J connectivity index is 2.22. The fourth-order valence-electron chi connectivity index (χ4n) is 2.23. The van der Waals surface area contributed by atoms with Crippen LogP contribution in [0.15, 0.2) is 12.1 Å². The maximum Gasteiger partial charge on any atom is 0.301 e. The summed E-state index contributed by atoms with van der Waals surface area (Å²) >= 11 is 11.7. The van der Waals surface area contributed by atoms with Crippen molar-refractivity contribution in [3.05, 3.63) is 28.0 Å². The van der Waals surface area contributed by atoms with Gasteiger partial charge in [-0.25, -0.2) is 4.39 Å². The number of piperidine rings is 1. The number of benzene rings is 1. The van der Waals surface area contributed by atoms with Crippen LogP contribution in [0.3, 0.4) is 0 Å². The van der Waals surface area contributed by atoms with Crippen LogP contribution < -0.4 is 4.72 Å². The van der Waals surface area contributed by atoms with Gasteiger partial charge >= 0.3 is 10.2 Å². The van der Waals surface area contributed by atoms with Crippen molar-refractivity contribution >= 4 is 39.1 Å². The topological polar surface area (TPSA) is 69.6 Å². The SMILES string of the molecule is O=S(=O)(Nc1c(Cl)cc(F)cc1Cl)N1CCCC(CO)C1. The Morgan fingerprint density at radius 3 is 2.57 bits per heavy atom. The molecule has 1 aromatic rings. The normalized spacial score (nSPS) is 20.5. The third-order valence-corrected chi connectivity index (χ3v) is 5.39. The van der Waals surface area contributed by atoms with Crippen LogP contribution in [0.1, 0.15) is 12.8 Å². The highest BCUT2D eigenvalue weighted by Gasteiger charge is 2.29. The van der Waals surface area contributed by atoms with Crippen LogP contribution in [0.4, 0.5) is 10.1 Å². The summed E-state index contributed by atoms with van der Waals surface area (Å²) in [6.45, 7) is 0.509. The molecular weight excluding hydrogens is 342 g/mol. The first-order valence-corrected chi connectivity index (χ1v) is 8.56. The molecule has 0 saturated carbocycles. The van der Waals surface area contributed by atoms with Gasteiger partial charge in [0, 0.05) is 19.7 Å². The second kappa shape index (κ2) is 6.66. The number of nitrogens with one attached hydrogen (secondary N) is 1. The van der Waals surface area contributed by atoms with E-state index in [9.17, 15) is 12.8 Å². The van der Waals surface area contributed by atoms with E-state index in [1.165, 1.54) is 4.31 Å². The lowest BCUT2D eigenvalue weighted by Crippen LogP contribution is -2.43. The smallest absolute Gasteiger partial charge is 0.301 e. The molecule has 2 rings (SSSR count). The number of hydrogen-bond acceptors (Lipinski definition) is 3. The predicted molar refractivity (Wildman–Crippen MR) is 80.3 cm³/mol. The molecular formula is C12H15Cl2FN2O3S. The van der Waals surface area contributed by atoms with Crippen molar-refractivity contribution < 1.29 is 17.9 Å². The Morgan fingerprint density at radius 2 is 2.00 bits per heavy atom. The predicted octanol–water partition coefficient (Wildman–Crippen LogP) is 2.49. The van der Waals surface area contributed by atoms with Crippen LogP contribution >= 0.6 is 23.2 Å². The van der Waals surface area contributed by atoms with Crippen molar-refractivity contribution in [1.29, 1.82) is 0 Å². The first-order chi connectivity index (χ1) is 9.83. The van der Waals surface area contributed by atoms with E-state index < -0.39 is 16.0 Å². The van der Waals surface area contributed by atoms with Gasteiger partial charge in [0.25, 0.3) is 0 Å². The van der Waals surface area contributed by atoms with Gasteiger partial charge in [-0.15, -0.1) is 0 Å². The van der Waals surface area contributed by atoms with Crippen molar-refractivity contribution in [2.45, 2.75) is 12.8 Å². The molecule has 1 unspecified atom stereocenters. The molecule has 1 atom stereocenters. The van der Waals surface area contributed by atoms with Gasteiger partial charge in [0.1, 0.15) is 5.82 Å². The lowest BCUT2D eigenvalue weighted by Gasteiger charge is -2.31. The molecule has 5 nitrogen and oxygen atoms in total. The molecule has 1 heterocycles. The van der Waals surface area contributed by atoms with E-state index in [0.29, 0.717) is 13.0 Å². The van der Waals surface area contributed by atoms with E-state index >= 15 is 0 Å². The van der Waals surface area contributed by atoms with Gasteiger partial charge in [0.15, 0.2) is 0 Å². The first-order valence-electron chi connectivity index (χ1n) is 6.37. The minimum absolute atomic E-state index is 0.0501. The Kier molecular flexibility index (Phi) is 5.32. The molecule has 21 heavy (non-hydrogen) atoms. The number of aliphatic hydroxyl groups is 1. The highest BCUT2D eigenvalue weighted by atomic mass is 35.5. The van der Waals surface area contributed by atoms with E-state index in [4.69, 9.17) is 28.3 Å². The molecule has 0 amide bonds. The lowest BCUT2D eigenvalue weighted by atomic mass is 10.0. The van der Waals surface area contributed by atoms with E-state index in [1.807, 2.05) is 0 Å². The molecule has 118 valence electrons. The number of hydrogen-bond donors (Lipinski definition) is 2. The number of rotatable bonds is 4. The Bertz CT molecular complexity index is 604. The summed E-state index contributed by atoms with van der Waals surface area (Å²) in [6, 6.07) is 1.97. The molecule has 0 spiro atoms. The summed E-state index contributed by atoms with van der Waals surface area (Å²) in [6.07, 6.45) is 1.44. The summed E-state index contributed by atoms with van der Waals surface area (Å²) in [4.78, 5) is 0. The number of nitrogens with zero attached hydrogens (tertiary/aromatic N) is 1. The van der Waals surface area contributed by atoms with E-state index in [-0.39, 0.29) is 34.8 Å².